The maximum absolute atomic E-state index is 12.0. The fourth-order valence-electron chi connectivity index (χ4n) is 3.33. The van der Waals surface area contributed by atoms with Crippen molar-refractivity contribution in [3.05, 3.63) is 0 Å². The zero-order valence-electron chi connectivity index (χ0n) is 11.3. The summed E-state index contributed by atoms with van der Waals surface area (Å²) in [7, 11) is 1.67. The van der Waals surface area contributed by atoms with Gasteiger partial charge in [0.2, 0.25) is 5.91 Å². The van der Waals surface area contributed by atoms with E-state index in [4.69, 9.17) is 9.47 Å². The van der Waals surface area contributed by atoms with Crippen LogP contribution < -0.4 is 5.32 Å². The summed E-state index contributed by atoms with van der Waals surface area (Å²) in [5.41, 5.74) is 0. The lowest BCUT2D eigenvalue weighted by Gasteiger charge is -2.20. The zero-order valence-corrected chi connectivity index (χ0v) is 11.3. The van der Waals surface area contributed by atoms with Crippen molar-refractivity contribution in [3.8, 4) is 0 Å². The molecular formula is C14H25NO3. The summed E-state index contributed by atoms with van der Waals surface area (Å²) in [4.78, 5) is 12.0. The molecule has 104 valence electrons. The second kappa shape index (κ2) is 7.10. The van der Waals surface area contributed by atoms with Gasteiger partial charge in [-0.2, -0.15) is 0 Å². The molecule has 2 saturated carbocycles. The molecule has 0 spiro atoms. The molecule has 1 amide bonds. The summed E-state index contributed by atoms with van der Waals surface area (Å²) < 4.78 is 10.2. The van der Waals surface area contributed by atoms with Crippen molar-refractivity contribution in [2.45, 2.75) is 32.1 Å². The topological polar surface area (TPSA) is 47.6 Å². The van der Waals surface area contributed by atoms with E-state index in [2.05, 4.69) is 5.32 Å². The molecule has 0 aliphatic heterocycles. The van der Waals surface area contributed by atoms with E-state index in [1.165, 1.54) is 19.3 Å². The van der Waals surface area contributed by atoms with Crippen molar-refractivity contribution in [1.82, 2.24) is 5.32 Å². The number of fused-ring (bicyclic) bond motifs is 2. The van der Waals surface area contributed by atoms with Crippen LogP contribution in [0.2, 0.25) is 0 Å². The summed E-state index contributed by atoms with van der Waals surface area (Å²) in [5.74, 6) is 2.09. The van der Waals surface area contributed by atoms with Crippen molar-refractivity contribution in [3.63, 3.8) is 0 Å². The molecule has 0 aromatic heterocycles. The maximum atomic E-state index is 12.0. The lowest BCUT2D eigenvalue weighted by molar-refractivity contribution is -0.126. The maximum Gasteiger partial charge on any atom is 0.223 e. The number of amides is 1. The Balaban J connectivity index is 1.50. The van der Waals surface area contributed by atoms with Gasteiger partial charge < -0.3 is 14.8 Å². The van der Waals surface area contributed by atoms with Gasteiger partial charge in [-0.05, 0) is 37.5 Å². The molecule has 2 aliphatic carbocycles. The fourth-order valence-corrected chi connectivity index (χ4v) is 3.33. The largest absolute Gasteiger partial charge is 0.382 e. The first-order chi connectivity index (χ1) is 8.81. The van der Waals surface area contributed by atoms with Crippen LogP contribution in [0.1, 0.15) is 32.1 Å². The number of rotatable bonds is 8. The van der Waals surface area contributed by atoms with Crippen LogP contribution in [-0.2, 0) is 14.3 Å². The van der Waals surface area contributed by atoms with Crippen LogP contribution in [0.3, 0.4) is 0 Å². The highest BCUT2D eigenvalue weighted by Crippen LogP contribution is 2.48. The number of methoxy groups -OCH3 is 1. The highest BCUT2D eigenvalue weighted by atomic mass is 16.5. The molecule has 0 radical (unpaired) electrons. The van der Waals surface area contributed by atoms with E-state index in [-0.39, 0.29) is 5.91 Å². The van der Waals surface area contributed by atoms with Crippen LogP contribution >= 0.6 is 0 Å². The molecule has 3 unspecified atom stereocenters. The first-order valence-electron chi connectivity index (χ1n) is 7.15. The van der Waals surface area contributed by atoms with Crippen LogP contribution in [0.15, 0.2) is 0 Å². The molecule has 4 heteroatoms. The summed E-state index contributed by atoms with van der Waals surface area (Å²) in [6.45, 7) is 2.70. The summed E-state index contributed by atoms with van der Waals surface area (Å²) in [6, 6.07) is 0. The lowest BCUT2D eigenvalue weighted by Crippen LogP contribution is -2.34. The van der Waals surface area contributed by atoms with Gasteiger partial charge in [0, 0.05) is 26.2 Å². The molecule has 2 bridgehead atoms. The number of hydrogen-bond acceptors (Lipinski definition) is 3. The molecule has 1 N–H and O–H groups in total. The van der Waals surface area contributed by atoms with E-state index in [9.17, 15) is 4.79 Å². The summed E-state index contributed by atoms with van der Waals surface area (Å²) >= 11 is 0. The van der Waals surface area contributed by atoms with Crippen molar-refractivity contribution in [2.75, 3.05) is 33.5 Å². The van der Waals surface area contributed by atoms with E-state index >= 15 is 0 Å². The average molecular weight is 255 g/mol. The van der Waals surface area contributed by atoms with Crippen LogP contribution in [-0.4, -0.2) is 39.4 Å². The zero-order chi connectivity index (χ0) is 12.8. The molecule has 0 saturated heterocycles. The fraction of sp³-hybridized carbons (Fsp3) is 0.929. The van der Waals surface area contributed by atoms with E-state index < -0.39 is 0 Å². The Morgan fingerprint density at radius 2 is 2.11 bits per heavy atom. The minimum absolute atomic E-state index is 0.277. The number of ether oxygens (including phenoxy) is 2. The Hall–Kier alpha value is -0.610. The monoisotopic (exact) mass is 255 g/mol. The van der Waals surface area contributed by atoms with Gasteiger partial charge in [-0.3, -0.25) is 4.79 Å². The highest BCUT2D eigenvalue weighted by molar-refractivity contribution is 5.79. The minimum Gasteiger partial charge on any atom is -0.382 e. The molecule has 0 aromatic rings. The normalized spacial score (nSPS) is 29.7. The van der Waals surface area contributed by atoms with Gasteiger partial charge in [0.05, 0.1) is 13.2 Å². The van der Waals surface area contributed by atoms with Gasteiger partial charge >= 0.3 is 0 Å². The van der Waals surface area contributed by atoms with Crippen LogP contribution in [0.4, 0.5) is 0 Å². The Bertz CT molecular complexity index is 270. The number of carbonyl (C=O) groups excluding carboxylic acids is 1. The average Bonchev–Trinajstić information content (AvgIpc) is 2.99. The number of hydrogen-bond donors (Lipinski definition) is 1. The molecule has 3 atom stereocenters. The summed E-state index contributed by atoms with van der Waals surface area (Å²) in [6.07, 6.45) is 5.92. The summed E-state index contributed by atoms with van der Waals surface area (Å²) in [5, 5.41) is 3.05. The Kier molecular flexibility index (Phi) is 5.45. The minimum atomic E-state index is 0.277. The Morgan fingerprint density at radius 3 is 2.78 bits per heavy atom. The van der Waals surface area contributed by atoms with Crippen molar-refractivity contribution >= 4 is 5.91 Å². The van der Waals surface area contributed by atoms with Gasteiger partial charge in [-0.15, -0.1) is 0 Å². The highest BCUT2D eigenvalue weighted by Gasteiger charge is 2.42. The van der Waals surface area contributed by atoms with Crippen molar-refractivity contribution < 1.29 is 14.3 Å². The smallest absolute Gasteiger partial charge is 0.223 e. The number of carbonyl (C=O) groups is 1. The van der Waals surface area contributed by atoms with Gasteiger partial charge in [0.1, 0.15) is 0 Å². The van der Waals surface area contributed by atoms with E-state index in [1.807, 2.05) is 0 Å². The predicted molar refractivity (Wildman–Crippen MR) is 69.3 cm³/mol. The second-order valence-corrected chi connectivity index (χ2v) is 5.53. The first kappa shape index (κ1) is 13.8. The molecule has 0 heterocycles. The molecular weight excluding hydrogens is 230 g/mol. The SMILES string of the molecule is COCCOCCCNC(=O)C1CC2CCC1C2. The van der Waals surface area contributed by atoms with Crippen LogP contribution in [0, 0.1) is 17.8 Å². The molecule has 18 heavy (non-hydrogen) atoms. The van der Waals surface area contributed by atoms with Crippen molar-refractivity contribution in [1.29, 1.82) is 0 Å². The third kappa shape index (κ3) is 3.69. The molecule has 0 aromatic carbocycles. The third-order valence-corrected chi connectivity index (χ3v) is 4.27. The lowest BCUT2D eigenvalue weighted by atomic mass is 9.88. The predicted octanol–water partition coefficient (Wildman–Crippen LogP) is 1.59. The third-order valence-electron chi connectivity index (χ3n) is 4.27. The van der Waals surface area contributed by atoms with Gasteiger partial charge in [-0.25, -0.2) is 0 Å². The van der Waals surface area contributed by atoms with Crippen LogP contribution in [0.25, 0.3) is 0 Å². The quantitative estimate of drug-likeness (QED) is 0.670. The Labute approximate surface area is 109 Å². The van der Waals surface area contributed by atoms with Gasteiger partial charge in [0.25, 0.3) is 0 Å². The van der Waals surface area contributed by atoms with E-state index in [1.54, 1.807) is 7.11 Å². The van der Waals surface area contributed by atoms with Crippen molar-refractivity contribution in [2.24, 2.45) is 17.8 Å². The molecule has 2 rings (SSSR count). The van der Waals surface area contributed by atoms with E-state index in [0.29, 0.717) is 31.7 Å². The number of nitrogens with one attached hydrogen (secondary N) is 1. The van der Waals surface area contributed by atoms with E-state index in [0.717, 1.165) is 25.3 Å². The molecule has 2 aliphatic rings. The van der Waals surface area contributed by atoms with Crippen LogP contribution in [0.5, 0.6) is 0 Å². The first-order valence-corrected chi connectivity index (χ1v) is 7.15. The second-order valence-electron chi connectivity index (χ2n) is 5.53. The Morgan fingerprint density at radius 1 is 1.22 bits per heavy atom. The van der Waals surface area contributed by atoms with Gasteiger partial charge in [0.15, 0.2) is 0 Å². The molecule has 2 fully saturated rings. The standard InChI is InChI=1S/C14H25NO3/c1-17-7-8-18-6-2-5-15-14(16)13-10-11-3-4-12(13)9-11/h11-13H,2-10H2,1H3,(H,15,16). The van der Waals surface area contributed by atoms with Gasteiger partial charge in [-0.1, -0.05) is 6.42 Å². The molecule has 4 nitrogen and oxygen atoms in total.